The molecule has 1 aliphatic rings. The Hall–Kier alpha value is -0.820. The van der Waals surface area contributed by atoms with Gasteiger partial charge in [0.15, 0.2) is 0 Å². The first-order valence-corrected chi connectivity index (χ1v) is 6.63. The maximum Gasteiger partial charge on any atom is 0.0904 e. The van der Waals surface area contributed by atoms with Crippen molar-refractivity contribution in [2.75, 3.05) is 0 Å². The Morgan fingerprint density at radius 1 is 1.12 bits per heavy atom. The van der Waals surface area contributed by atoms with Gasteiger partial charge in [0.05, 0.1) is 5.60 Å². The van der Waals surface area contributed by atoms with E-state index in [2.05, 4.69) is 45.9 Å². The molecule has 0 aliphatic heterocycles. The molecule has 0 saturated heterocycles. The zero-order valence-electron chi connectivity index (χ0n) is 11.5. The maximum atomic E-state index is 11.0. The molecule has 17 heavy (non-hydrogen) atoms. The number of aryl methyl sites for hydroxylation is 2. The minimum atomic E-state index is -0.613. The summed E-state index contributed by atoms with van der Waals surface area (Å²) < 4.78 is 0. The number of hydrogen-bond donors (Lipinski definition) is 1. The Kier molecular flexibility index (Phi) is 3.07. The van der Waals surface area contributed by atoms with Gasteiger partial charge in [-0.1, -0.05) is 37.6 Å². The van der Waals surface area contributed by atoms with Crippen molar-refractivity contribution in [3.05, 3.63) is 34.9 Å². The number of benzene rings is 1. The van der Waals surface area contributed by atoms with Crippen LogP contribution in [0.4, 0.5) is 0 Å². The van der Waals surface area contributed by atoms with Crippen LogP contribution >= 0.6 is 0 Å². The first-order valence-electron chi connectivity index (χ1n) is 6.63. The summed E-state index contributed by atoms with van der Waals surface area (Å²) in [5.41, 5.74) is 3.24. The summed E-state index contributed by atoms with van der Waals surface area (Å²) >= 11 is 0. The molecule has 1 N–H and O–H groups in total. The van der Waals surface area contributed by atoms with Crippen LogP contribution in [0.2, 0.25) is 0 Å². The molecule has 0 spiro atoms. The van der Waals surface area contributed by atoms with Crippen molar-refractivity contribution < 1.29 is 5.11 Å². The van der Waals surface area contributed by atoms with Crippen LogP contribution in [0.15, 0.2) is 18.2 Å². The average Bonchev–Trinajstić information content (AvgIpc) is 2.19. The van der Waals surface area contributed by atoms with E-state index >= 15 is 0 Å². The van der Waals surface area contributed by atoms with Gasteiger partial charge in [0, 0.05) is 0 Å². The van der Waals surface area contributed by atoms with Crippen LogP contribution in [0.25, 0.3) is 0 Å². The highest BCUT2D eigenvalue weighted by molar-refractivity contribution is 5.35. The molecule has 1 fully saturated rings. The second-order valence-electron chi connectivity index (χ2n) is 6.54. The molecule has 94 valence electrons. The van der Waals surface area contributed by atoms with Crippen LogP contribution in [0, 0.1) is 19.3 Å². The Labute approximate surface area is 105 Å². The molecule has 0 aromatic heterocycles. The quantitative estimate of drug-likeness (QED) is 0.773. The van der Waals surface area contributed by atoms with E-state index in [4.69, 9.17) is 0 Å². The Balaban J connectivity index is 2.40. The van der Waals surface area contributed by atoms with Crippen molar-refractivity contribution in [3.8, 4) is 0 Å². The molecular weight excluding hydrogens is 208 g/mol. The summed E-state index contributed by atoms with van der Waals surface area (Å²) in [5.74, 6) is 0. The van der Waals surface area contributed by atoms with E-state index < -0.39 is 5.60 Å². The van der Waals surface area contributed by atoms with Crippen molar-refractivity contribution in [1.29, 1.82) is 0 Å². The zero-order chi connectivity index (χ0) is 12.7. The van der Waals surface area contributed by atoms with Crippen molar-refractivity contribution in [1.82, 2.24) is 0 Å². The van der Waals surface area contributed by atoms with Gasteiger partial charge in [-0.15, -0.1) is 0 Å². The lowest BCUT2D eigenvalue weighted by atomic mass is 9.67. The van der Waals surface area contributed by atoms with Crippen molar-refractivity contribution in [2.45, 2.75) is 59.0 Å². The lowest BCUT2D eigenvalue weighted by Gasteiger charge is -2.42. The smallest absolute Gasteiger partial charge is 0.0904 e. The molecular formula is C16H24O. The SMILES string of the molecule is Cc1ccc(C)c(C2(O)CCCC(C)(C)C2)c1. The summed E-state index contributed by atoms with van der Waals surface area (Å²) in [6.07, 6.45) is 4.13. The van der Waals surface area contributed by atoms with E-state index in [1.807, 2.05) is 0 Å². The minimum absolute atomic E-state index is 0.253. The monoisotopic (exact) mass is 232 g/mol. The van der Waals surface area contributed by atoms with Gasteiger partial charge < -0.3 is 5.11 Å². The van der Waals surface area contributed by atoms with E-state index in [1.54, 1.807) is 0 Å². The predicted molar refractivity (Wildman–Crippen MR) is 72.1 cm³/mol. The largest absolute Gasteiger partial charge is 0.385 e. The molecule has 2 rings (SSSR count). The lowest BCUT2D eigenvalue weighted by Crippen LogP contribution is -2.37. The molecule has 0 bridgehead atoms. The second kappa shape index (κ2) is 4.13. The van der Waals surface area contributed by atoms with Gasteiger partial charge in [-0.3, -0.25) is 0 Å². The summed E-state index contributed by atoms with van der Waals surface area (Å²) in [4.78, 5) is 0. The van der Waals surface area contributed by atoms with Gasteiger partial charge in [-0.2, -0.15) is 0 Å². The summed E-state index contributed by atoms with van der Waals surface area (Å²) in [6, 6.07) is 6.41. The molecule has 1 nitrogen and oxygen atoms in total. The minimum Gasteiger partial charge on any atom is -0.385 e. The van der Waals surface area contributed by atoms with E-state index in [-0.39, 0.29) is 5.41 Å². The van der Waals surface area contributed by atoms with Crippen LogP contribution in [0.1, 0.15) is 56.2 Å². The molecule has 1 aliphatic carbocycles. The summed E-state index contributed by atoms with van der Waals surface area (Å²) in [5, 5.41) is 11.0. The van der Waals surface area contributed by atoms with Crippen LogP contribution in [-0.4, -0.2) is 5.11 Å². The van der Waals surface area contributed by atoms with Gasteiger partial charge >= 0.3 is 0 Å². The van der Waals surface area contributed by atoms with E-state index in [0.717, 1.165) is 24.8 Å². The van der Waals surface area contributed by atoms with E-state index in [9.17, 15) is 5.11 Å². The predicted octanol–water partition coefficient (Wildman–Crippen LogP) is 4.09. The molecule has 1 aromatic rings. The molecule has 0 amide bonds. The molecule has 0 heterocycles. The van der Waals surface area contributed by atoms with Crippen molar-refractivity contribution in [3.63, 3.8) is 0 Å². The van der Waals surface area contributed by atoms with Gasteiger partial charge in [-0.25, -0.2) is 0 Å². The third kappa shape index (κ3) is 2.55. The van der Waals surface area contributed by atoms with Crippen molar-refractivity contribution >= 4 is 0 Å². The normalized spacial score (nSPS) is 28.1. The Morgan fingerprint density at radius 2 is 1.82 bits per heavy atom. The summed E-state index contributed by atoms with van der Waals surface area (Å²) in [6.45, 7) is 8.74. The average molecular weight is 232 g/mol. The van der Waals surface area contributed by atoms with Crippen LogP contribution in [-0.2, 0) is 5.60 Å². The maximum absolute atomic E-state index is 11.0. The Bertz CT molecular complexity index is 420. The highest BCUT2D eigenvalue weighted by Gasteiger charge is 2.40. The zero-order valence-corrected chi connectivity index (χ0v) is 11.5. The van der Waals surface area contributed by atoms with E-state index in [1.165, 1.54) is 17.5 Å². The second-order valence-corrected chi connectivity index (χ2v) is 6.54. The fourth-order valence-corrected chi connectivity index (χ4v) is 3.29. The summed E-state index contributed by atoms with van der Waals surface area (Å²) in [7, 11) is 0. The molecule has 1 saturated carbocycles. The third-order valence-electron chi connectivity index (χ3n) is 4.11. The number of rotatable bonds is 1. The van der Waals surface area contributed by atoms with Crippen molar-refractivity contribution in [2.24, 2.45) is 5.41 Å². The van der Waals surface area contributed by atoms with Gasteiger partial charge in [0.25, 0.3) is 0 Å². The highest BCUT2D eigenvalue weighted by atomic mass is 16.3. The standard InChI is InChI=1S/C16H24O/c1-12-6-7-13(2)14(10-12)16(17)9-5-8-15(3,4)11-16/h6-7,10,17H,5,8-9,11H2,1-4H3. The van der Waals surface area contributed by atoms with Crippen LogP contribution < -0.4 is 0 Å². The molecule has 1 atom stereocenters. The highest BCUT2D eigenvalue weighted by Crippen LogP contribution is 2.46. The number of hydrogen-bond acceptors (Lipinski definition) is 1. The van der Waals surface area contributed by atoms with Crippen LogP contribution in [0.5, 0.6) is 0 Å². The number of aliphatic hydroxyl groups is 1. The van der Waals surface area contributed by atoms with Gasteiger partial charge in [0.2, 0.25) is 0 Å². The fourth-order valence-electron chi connectivity index (χ4n) is 3.29. The third-order valence-corrected chi connectivity index (χ3v) is 4.11. The van der Waals surface area contributed by atoms with Gasteiger partial charge in [0.1, 0.15) is 0 Å². The molecule has 0 radical (unpaired) electrons. The topological polar surface area (TPSA) is 20.2 Å². The molecule has 1 heteroatoms. The Morgan fingerprint density at radius 3 is 2.47 bits per heavy atom. The first-order chi connectivity index (χ1) is 7.82. The molecule has 1 unspecified atom stereocenters. The molecule has 1 aromatic carbocycles. The van der Waals surface area contributed by atoms with Crippen LogP contribution in [0.3, 0.4) is 0 Å². The first kappa shape index (κ1) is 12.6. The van der Waals surface area contributed by atoms with Gasteiger partial charge in [-0.05, 0) is 56.1 Å². The fraction of sp³-hybridized carbons (Fsp3) is 0.625. The van der Waals surface area contributed by atoms with E-state index in [0.29, 0.717) is 0 Å². The lowest BCUT2D eigenvalue weighted by molar-refractivity contribution is -0.0445.